The van der Waals surface area contributed by atoms with Crippen LogP contribution in [0.15, 0.2) is 48.5 Å². The van der Waals surface area contributed by atoms with Crippen LogP contribution < -0.4 is 9.62 Å². The van der Waals surface area contributed by atoms with Gasteiger partial charge in [0, 0.05) is 11.6 Å². The average Bonchev–Trinajstić information content (AvgIpc) is 2.58. The first-order chi connectivity index (χ1) is 12.2. The number of carbonyl (C=O) groups is 1. The Morgan fingerprint density at radius 2 is 1.81 bits per heavy atom. The van der Waals surface area contributed by atoms with Crippen LogP contribution in [0.5, 0.6) is 0 Å². The first kappa shape index (κ1) is 20.2. The minimum atomic E-state index is -3.75. The fourth-order valence-corrected chi connectivity index (χ4v) is 4.00. The highest BCUT2D eigenvalue weighted by atomic mass is 35.5. The van der Waals surface area contributed by atoms with E-state index in [0.29, 0.717) is 5.02 Å². The van der Waals surface area contributed by atoms with Crippen molar-refractivity contribution in [3.05, 3.63) is 64.9 Å². The molecule has 0 aliphatic heterocycles. The lowest BCUT2D eigenvalue weighted by Crippen LogP contribution is -2.49. The molecule has 1 N–H and O–H groups in total. The number of hydrogen-bond acceptors (Lipinski definition) is 3. The van der Waals surface area contributed by atoms with Gasteiger partial charge in [0.25, 0.3) is 0 Å². The van der Waals surface area contributed by atoms with Crippen LogP contribution in [0.1, 0.15) is 18.9 Å². The molecule has 8 heteroatoms. The Labute approximate surface area is 157 Å². The molecule has 0 unspecified atom stereocenters. The zero-order chi connectivity index (χ0) is 19.3. The summed E-state index contributed by atoms with van der Waals surface area (Å²) in [5.41, 5.74) is 0.957. The number of benzene rings is 2. The highest BCUT2D eigenvalue weighted by molar-refractivity contribution is 7.92. The summed E-state index contributed by atoms with van der Waals surface area (Å²) in [4.78, 5) is 12.7. The van der Waals surface area contributed by atoms with Gasteiger partial charge in [-0.2, -0.15) is 0 Å². The van der Waals surface area contributed by atoms with Crippen molar-refractivity contribution in [3.63, 3.8) is 0 Å². The third-order valence-electron chi connectivity index (χ3n) is 3.82. The number of rotatable bonds is 7. The molecule has 0 saturated heterocycles. The van der Waals surface area contributed by atoms with E-state index in [0.717, 1.165) is 28.3 Å². The van der Waals surface area contributed by atoms with Gasteiger partial charge in [-0.3, -0.25) is 9.10 Å². The lowest BCUT2D eigenvalue weighted by Gasteiger charge is -2.30. The minimum absolute atomic E-state index is 0.177. The van der Waals surface area contributed by atoms with E-state index in [4.69, 9.17) is 11.6 Å². The second-order valence-corrected chi connectivity index (χ2v) is 8.04. The predicted octanol–water partition coefficient (Wildman–Crippen LogP) is 3.34. The third kappa shape index (κ3) is 4.95. The monoisotopic (exact) mass is 398 g/mol. The zero-order valence-electron chi connectivity index (χ0n) is 14.4. The lowest BCUT2D eigenvalue weighted by atomic mass is 10.1. The van der Waals surface area contributed by atoms with Gasteiger partial charge >= 0.3 is 0 Å². The fraction of sp³-hybridized carbons (Fsp3) is 0.278. The molecule has 0 radical (unpaired) electrons. The quantitative estimate of drug-likeness (QED) is 0.777. The van der Waals surface area contributed by atoms with Crippen molar-refractivity contribution < 1.29 is 17.6 Å². The van der Waals surface area contributed by atoms with E-state index >= 15 is 0 Å². The van der Waals surface area contributed by atoms with Crippen LogP contribution in [0.2, 0.25) is 5.02 Å². The summed E-state index contributed by atoms with van der Waals surface area (Å²) in [6, 6.07) is 11.1. The van der Waals surface area contributed by atoms with Crippen molar-refractivity contribution in [3.8, 4) is 0 Å². The largest absolute Gasteiger partial charge is 0.350 e. The summed E-state index contributed by atoms with van der Waals surface area (Å²) < 4.78 is 38.7. The minimum Gasteiger partial charge on any atom is -0.350 e. The van der Waals surface area contributed by atoms with Crippen LogP contribution in [-0.4, -0.2) is 26.6 Å². The summed E-state index contributed by atoms with van der Waals surface area (Å²) in [5, 5.41) is 3.23. The molecule has 0 aliphatic rings. The first-order valence-electron chi connectivity index (χ1n) is 8.00. The first-order valence-corrected chi connectivity index (χ1v) is 10.2. The van der Waals surface area contributed by atoms with Gasteiger partial charge in [0.15, 0.2) is 0 Å². The normalized spacial score (nSPS) is 12.5. The predicted molar refractivity (Wildman–Crippen MR) is 101 cm³/mol. The summed E-state index contributed by atoms with van der Waals surface area (Å²) in [6.07, 6.45) is 1.26. The number of anilines is 1. The Hall–Kier alpha value is -2.12. The molecule has 1 amide bonds. The third-order valence-corrected chi connectivity index (χ3v) is 5.37. The number of hydrogen-bond donors (Lipinski definition) is 1. The molecule has 26 heavy (non-hydrogen) atoms. The Kier molecular flexibility index (Phi) is 6.61. The van der Waals surface area contributed by atoms with Crippen molar-refractivity contribution in [1.29, 1.82) is 0 Å². The maximum absolute atomic E-state index is 13.2. The number of nitrogens with zero attached hydrogens (tertiary/aromatic N) is 1. The van der Waals surface area contributed by atoms with Crippen molar-refractivity contribution in [2.45, 2.75) is 25.9 Å². The number of carbonyl (C=O) groups excluding carboxylic acids is 1. The van der Waals surface area contributed by atoms with Gasteiger partial charge in [0.05, 0.1) is 11.9 Å². The van der Waals surface area contributed by atoms with Gasteiger partial charge in [-0.1, -0.05) is 36.7 Å². The molecule has 5 nitrogen and oxygen atoms in total. The maximum atomic E-state index is 13.2. The van der Waals surface area contributed by atoms with Gasteiger partial charge in [0.2, 0.25) is 15.9 Å². The zero-order valence-corrected chi connectivity index (χ0v) is 16.0. The molecule has 2 rings (SSSR count). The smallest absolute Gasteiger partial charge is 0.244 e. The second-order valence-electron chi connectivity index (χ2n) is 5.77. The fourth-order valence-electron chi connectivity index (χ4n) is 2.59. The van der Waals surface area contributed by atoms with Crippen LogP contribution in [0, 0.1) is 5.82 Å². The van der Waals surface area contributed by atoms with E-state index in [9.17, 15) is 17.6 Å². The van der Waals surface area contributed by atoms with E-state index in [1.54, 1.807) is 31.2 Å². The van der Waals surface area contributed by atoms with E-state index in [-0.39, 0.29) is 18.7 Å². The van der Waals surface area contributed by atoms with E-state index in [2.05, 4.69) is 5.32 Å². The molecule has 0 heterocycles. The average molecular weight is 399 g/mol. The van der Waals surface area contributed by atoms with Crippen molar-refractivity contribution in [1.82, 2.24) is 5.32 Å². The number of sulfonamides is 1. The lowest BCUT2D eigenvalue weighted by molar-refractivity contribution is -0.122. The molecule has 0 fully saturated rings. The standard InChI is InChI=1S/C18H20ClFN2O3S/c1-3-17(18(23)21-12-13-6-4-5-7-16(13)19)22(26(2,24)25)15-10-8-14(20)9-11-15/h4-11,17H,3,12H2,1-2H3,(H,21,23)/t17-/m0/s1. The van der Waals surface area contributed by atoms with Crippen LogP contribution in [0.4, 0.5) is 10.1 Å². The molecule has 1 atom stereocenters. The number of nitrogens with one attached hydrogen (secondary N) is 1. The van der Waals surface area contributed by atoms with Crippen molar-refractivity contribution in [2.75, 3.05) is 10.6 Å². The van der Waals surface area contributed by atoms with E-state index in [1.807, 2.05) is 0 Å². The van der Waals surface area contributed by atoms with Gasteiger partial charge in [-0.05, 0) is 42.3 Å². The molecule has 0 spiro atoms. The molecular formula is C18H20ClFN2O3S. The molecule has 0 aromatic heterocycles. The van der Waals surface area contributed by atoms with Crippen LogP contribution in [0.3, 0.4) is 0 Å². The highest BCUT2D eigenvalue weighted by Gasteiger charge is 2.31. The molecule has 0 bridgehead atoms. The van der Waals surface area contributed by atoms with Crippen LogP contribution in [-0.2, 0) is 21.4 Å². The van der Waals surface area contributed by atoms with Crippen LogP contribution >= 0.6 is 11.6 Å². The molecule has 140 valence electrons. The molecule has 2 aromatic carbocycles. The summed E-state index contributed by atoms with van der Waals surface area (Å²) in [7, 11) is -3.75. The number of amides is 1. The summed E-state index contributed by atoms with van der Waals surface area (Å²) in [5.74, 6) is -0.944. The maximum Gasteiger partial charge on any atom is 0.244 e. The van der Waals surface area contributed by atoms with Gasteiger partial charge in [-0.15, -0.1) is 0 Å². The topological polar surface area (TPSA) is 66.5 Å². The van der Waals surface area contributed by atoms with E-state index in [1.165, 1.54) is 12.1 Å². The molecular weight excluding hydrogens is 379 g/mol. The Morgan fingerprint density at radius 1 is 1.19 bits per heavy atom. The van der Waals surface area contributed by atoms with Crippen molar-refractivity contribution >= 4 is 33.2 Å². The Bertz CT molecular complexity index is 872. The van der Waals surface area contributed by atoms with Gasteiger partial charge in [-0.25, -0.2) is 12.8 Å². The second kappa shape index (κ2) is 8.51. The summed E-state index contributed by atoms with van der Waals surface area (Å²) >= 11 is 6.07. The SMILES string of the molecule is CC[C@@H](C(=O)NCc1ccccc1Cl)N(c1ccc(F)cc1)S(C)(=O)=O. The van der Waals surface area contributed by atoms with Gasteiger partial charge < -0.3 is 5.32 Å². The molecule has 0 aliphatic carbocycles. The molecule has 0 saturated carbocycles. The van der Waals surface area contributed by atoms with Crippen LogP contribution in [0.25, 0.3) is 0 Å². The van der Waals surface area contributed by atoms with Crippen molar-refractivity contribution in [2.24, 2.45) is 0 Å². The number of halogens is 2. The molecule has 2 aromatic rings. The Morgan fingerprint density at radius 3 is 2.35 bits per heavy atom. The highest BCUT2D eigenvalue weighted by Crippen LogP contribution is 2.23. The summed E-state index contributed by atoms with van der Waals surface area (Å²) in [6.45, 7) is 1.89. The Balaban J connectivity index is 2.25. The van der Waals surface area contributed by atoms with Gasteiger partial charge in [0.1, 0.15) is 11.9 Å². The van der Waals surface area contributed by atoms with E-state index < -0.39 is 27.8 Å².